The van der Waals surface area contributed by atoms with Gasteiger partial charge < -0.3 is 20.3 Å². The zero-order chi connectivity index (χ0) is 25.3. The maximum Gasteiger partial charge on any atom is 0.248 e. The fourth-order valence-electron chi connectivity index (χ4n) is 4.21. The van der Waals surface area contributed by atoms with Crippen molar-refractivity contribution >= 4 is 45.6 Å². The number of anilines is 3. The van der Waals surface area contributed by atoms with Gasteiger partial charge in [-0.05, 0) is 50.8 Å². The van der Waals surface area contributed by atoms with Crippen LogP contribution in [0.4, 0.5) is 21.6 Å². The number of hydrogen-bond donors (Lipinski definition) is 2. The van der Waals surface area contributed by atoms with Gasteiger partial charge in [-0.3, -0.25) is 4.79 Å². The predicted molar refractivity (Wildman–Crippen MR) is 139 cm³/mol. The number of likely N-dealkylation sites (N-methyl/N-ethyl adjacent to an activating group) is 1. The lowest BCUT2D eigenvalue weighted by atomic mass is 10.0. The van der Waals surface area contributed by atoms with Gasteiger partial charge in [-0.25, -0.2) is 14.4 Å². The molecular weight excluding hydrogens is 481 g/mol. The molecule has 1 saturated carbocycles. The molecule has 1 aliphatic carbocycles. The molecule has 1 aromatic heterocycles. The van der Waals surface area contributed by atoms with Gasteiger partial charge in [-0.1, -0.05) is 29.5 Å². The molecule has 0 bridgehead atoms. The number of aromatic nitrogens is 2. The fraction of sp³-hybridized carbons (Fsp3) is 0.296. The Hall–Kier alpha value is -3.51. The molecule has 1 amide bonds. The maximum absolute atomic E-state index is 13.6. The van der Waals surface area contributed by atoms with Gasteiger partial charge in [0.05, 0.1) is 40.4 Å². The summed E-state index contributed by atoms with van der Waals surface area (Å²) < 4.78 is 19.2. The van der Waals surface area contributed by atoms with Gasteiger partial charge in [0.25, 0.3) is 0 Å². The first-order valence-corrected chi connectivity index (χ1v) is 11.9. The number of amides is 1. The molecule has 1 aliphatic heterocycles. The lowest BCUT2D eigenvalue weighted by Crippen LogP contribution is -2.13. The second-order valence-electron chi connectivity index (χ2n) is 9.37. The van der Waals surface area contributed by atoms with Crippen LogP contribution in [0.5, 0.6) is 0 Å². The highest BCUT2D eigenvalue weighted by atomic mass is 35.5. The summed E-state index contributed by atoms with van der Waals surface area (Å²) in [4.78, 5) is 23.4. The third-order valence-electron chi connectivity index (χ3n) is 6.31. The Bertz CT molecular complexity index is 1430. The van der Waals surface area contributed by atoms with E-state index in [2.05, 4.69) is 32.4 Å². The Morgan fingerprint density at radius 2 is 2.19 bits per heavy atom. The summed E-state index contributed by atoms with van der Waals surface area (Å²) in [7, 11) is 3.86. The van der Waals surface area contributed by atoms with Gasteiger partial charge in [-0.2, -0.15) is 0 Å². The molecule has 2 N–H and O–H groups in total. The van der Waals surface area contributed by atoms with E-state index in [0.29, 0.717) is 52.7 Å². The van der Waals surface area contributed by atoms with E-state index in [-0.39, 0.29) is 16.3 Å². The second kappa shape index (κ2) is 9.86. The van der Waals surface area contributed by atoms with Crippen LogP contribution < -0.4 is 10.6 Å². The van der Waals surface area contributed by atoms with E-state index in [1.54, 1.807) is 18.2 Å². The number of ether oxygens (including phenoxy) is 1. The molecule has 2 fully saturated rings. The summed E-state index contributed by atoms with van der Waals surface area (Å²) >= 11 is 5.94. The van der Waals surface area contributed by atoms with Crippen molar-refractivity contribution in [3.63, 3.8) is 0 Å². The van der Waals surface area contributed by atoms with Gasteiger partial charge in [0.15, 0.2) is 0 Å². The lowest BCUT2D eigenvalue weighted by molar-refractivity contribution is -0.111. The highest BCUT2D eigenvalue weighted by molar-refractivity contribution is 6.31. The highest BCUT2D eigenvalue weighted by Crippen LogP contribution is 2.56. The quantitative estimate of drug-likeness (QED) is 0.376. The molecule has 36 heavy (non-hydrogen) atoms. The van der Waals surface area contributed by atoms with Crippen LogP contribution in [0.15, 0.2) is 48.8 Å². The summed E-state index contributed by atoms with van der Waals surface area (Å²) in [6, 6.07) is 7.98. The van der Waals surface area contributed by atoms with E-state index < -0.39 is 5.82 Å². The van der Waals surface area contributed by atoms with Crippen molar-refractivity contribution in [3.8, 4) is 11.8 Å². The first-order valence-electron chi connectivity index (χ1n) is 11.6. The van der Waals surface area contributed by atoms with Gasteiger partial charge in [0, 0.05) is 29.6 Å². The zero-order valence-corrected chi connectivity index (χ0v) is 20.7. The average molecular weight is 506 g/mol. The molecule has 184 valence electrons. The Kier molecular flexibility index (Phi) is 6.63. The third kappa shape index (κ3) is 5.19. The zero-order valence-electron chi connectivity index (χ0n) is 19.9. The number of carbonyl (C=O) groups is 1. The van der Waals surface area contributed by atoms with Crippen molar-refractivity contribution in [1.29, 1.82) is 0 Å². The molecule has 2 aliphatic rings. The van der Waals surface area contributed by atoms with Crippen molar-refractivity contribution in [1.82, 2.24) is 14.9 Å². The minimum atomic E-state index is -0.504. The predicted octanol–water partition coefficient (Wildman–Crippen LogP) is 4.61. The monoisotopic (exact) mass is 505 g/mol. The fourth-order valence-corrected chi connectivity index (χ4v) is 4.39. The number of rotatable bonds is 6. The molecule has 7 nitrogen and oxygen atoms in total. The van der Waals surface area contributed by atoms with Crippen LogP contribution >= 0.6 is 11.6 Å². The molecule has 1 saturated heterocycles. The van der Waals surface area contributed by atoms with E-state index in [0.717, 1.165) is 13.0 Å². The van der Waals surface area contributed by atoms with E-state index in [1.165, 1.54) is 24.5 Å². The molecule has 5 rings (SSSR count). The number of benzene rings is 2. The summed E-state index contributed by atoms with van der Waals surface area (Å²) in [5.41, 5.74) is 2.36. The topological polar surface area (TPSA) is 79.4 Å². The largest absolute Gasteiger partial charge is 0.380 e. The second-order valence-corrected chi connectivity index (χ2v) is 9.77. The van der Waals surface area contributed by atoms with Crippen molar-refractivity contribution in [2.24, 2.45) is 11.3 Å². The van der Waals surface area contributed by atoms with Crippen LogP contribution in [-0.4, -0.2) is 54.6 Å². The maximum atomic E-state index is 13.6. The van der Waals surface area contributed by atoms with Crippen LogP contribution in [0.1, 0.15) is 12.0 Å². The average Bonchev–Trinajstić information content (AvgIpc) is 3.38. The van der Waals surface area contributed by atoms with Crippen LogP contribution in [0, 0.1) is 29.0 Å². The third-order valence-corrected chi connectivity index (χ3v) is 6.60. The van der Waals surface area contributed by atoms with Gasteiger partial charge in [-0.15, -0.1) is 0 Å². The summed E-state index contributed by atoms with van der Waals surface area (Å²) in [6.07, 6.45) is 5.78. The van der Waals surface area contributed by atoms with Gasteiger partial charge >= 0.3 is 0 Å². The molecule has 3 aromatic rings. The summed E-state index contributed by atoms with van der Waals surface area (Å²) in [6.45, 7) is 2.04. The number of hydrogen-bond acceptors (Lipinski definition) is 6. The van der Waals surface area contributed by atoms with Crippen LogP contribution in [-0.2, 0) is 9.53 Å². The van der Waals surface area contributed by atoms with E-state index in [1.807, 2.05) is 25.1 Å². The number of carbonyl (C=O) groups excluding carboxylic acids is 1. The lowest BCUT2D eigenvalue weighted by Gasteiger charge is -2.12. The number of halogens is 2. The normalized spacial score (nSPS) is 20.3. The number of nitrogens with one attached hydrogen (secondary N) is 2. The molecule has 2 atom stereocenters. The minimum Gasteiger partial charge on any atom is -0.380 e. The molecule has 0 spiro atoms. The van der Waals surface area contributed by atoms with E-state index in [4.69, 9.17) is 16.3 Å². The first kappa shape index (κ1) is 24.2. The molecule has 0 radical (unpaired) electrons. The van der Waals surface area contributed by atoms with Crippen molar-refractivity contribution in [2.75, 3.05) is 44.5 Å². The van der Waals surface area contributed by atoms with Gasteiger partial charge in [0.2, 0.25) is 5.91 Å². The summed E-state index contributed by atoms with van der Waals surface area (Å²) in [5.74, 6) is 6.88. The molecule has 2 heterocycles. The molecular formula is C27H25ClFN5O2. The Balaban J connectivity index is 1.51. The van der Waals surface area contributed by atoms with Crippen molar-refractivity contribution in [3.05, 3.63) is 65.2 Å². The van der Waals surface area contributed by atoms with Gasteiger partial charge in [0.1, 0.15) is 18.0 Å². The van der Waals surface area contributed by atoms with Crippen LogP contribution in [0.25, 0.3) is 10.9 Å². The van der Waals surface area contributed by atoms with E-state index in [9.17, 15) is 9.18 Å². The molecule has 0 unspecified atom stereocenters. The Morgan fingerprint density at radius 3 is 2.92 bits per heavy atom. The SMILES string of the molecule is CN(C)CC=CC(=O)Nc1cc2c(Nc3ccc(F)c(Cl)c3)ncnc2cc1C#C[C@@]12COC[C@@H]1C2. The van der Waals surface area contributed by atoms with Crippen LogP contribution in [0.3, 0.4) is 0 Å². The minimum absolute atomic E-state index is 0.00188. The number of fused-ring (bicyclic) bond motifs is 2. The highest BCUT2D eigenvalue weighted by Gasteiger charge is 2.57. The smallest absolute Gasteiger partial charge is 0.248 e. The summed E-state index contributed by atoms with van der Waals surface area (Å²) in [5, 5.41) is 6.79. The molecule has 9 heteroatoms. The van der Waals surface area contributed by atoms with Crippen molar-refractivity contribution < 1.29 is 13.9 Å². The molecule has 2 aromatic carbocycles. The van der Waals surface area contributed by atoms with E-state index >= 15 is 0 Å². The standard InChI is InChI=1S/C27H25ClFN5O2/c1-34(2)9-3-4-25(35)33-23-12-20-24(10-17(23)7-8-27-13-18(27)14-36-15-27)30-16-31-26(20)32-19-5-6-22(29)21(28)11-19/h3-6,10-12,16,18H,9,13-15H2,1-2H3,(H,33,35)(H,30,31,32)/t18-,27+/m0/s1. The first-order chi connectivity index (χ1) is 17.3. The Labute approximate surface area is 213 Å². The van der Waals surface area contributed by atoms with Crippen LogP contribution in [0.2, 0.25) is 5.02 Å². The Morgan fingerprint density at radius 1 is 1.33 bits per heavy atom. The van der Waals surface area contributed by atoms with Crippen molar-refractivity contribution in [2.45, 2.75) is 6.42 Å². The number of nitrogens with zero attached hydrogens (tertiary/aromatic N) is 3.